The maximum absolute atomic E-state index is 6.04. The lowest BCUT2D eigenvalue weighted by Crippen LogP contribution is -2.01. The lowest BCUT2D eigenvalue weighted by atomic mass is 10.3. The second-order valence-corrected chi connectivity index (χ2v) is 4.70. The first kappa shape index (κ1) is 11.6. The van der Waals surface area contributed by atoms with E-state index in [0.717, 1.165) is 28.8 Å². The molecule has 0 spiro atoms. The number of nitrogens with zero attached hydrogens (tertiary/aromatic N) is 3. The lowest BCUT2D eigenvalue weighted by Gasteiger charge is -2.07. The Hall–Kier alpha value is -0.870. The molecule has 0 aliphatic heterocycles. The normalized spacial score (nSPS) is 10.7. The molecule has 0 radical (unpaired) electrons. The zero-order valence-corrected chi connectivity index (χ0v) is 11.2. The van der Waals surface area contributed by atoms with E-state index in [9.17, 15) is 0 Å². The number of hydrogen-bond acceptors (Lipinski definition) is 2. The van der Waals surface area contributed by atoms with Crippen molar-refractivity contribution in [2.24, 2.45) is 0 Å². The van der Waals surface area contributed by atoms with E-state index in [1.54, 1.807) is 0 Å². The monoisotopic (exact) mass is 299 g/mol. The first-order chi connectivity index (χ1) is 7.72. The van der Waals surface area contributed by atoms with Crippen LogP contribution < -0.4 is 0 Å². The summed E-state index contributed by atoms with van der Waals surface area (Å²) in [5, 5.41) is 8.39. The summed E-state index contributed by atoms with van der Waals surface area (Å²) in [4.78, 5) is 0. The van der Waals surface area contributed by atoms with Crippen molar-refractivity contribution in [3.8, 4) is 5.69 Å². The quantitative estimate of drug-likeness (QED) is 0.866. The smallest absolute Gasteiger partial charge is 0.229 e. The predicted octanol–water partition coefficient (Wildman–Crippen LogP) is 3.64. The van der Waals surface area contributed by atoms with E-state index in [0.29, 0.717) is 5.28 Å². The Labute approximate surface area is 108 Å². The topological polar surface area (TPSA) is 30.7 Å². The fraction of sp³-hybridized carbons (Fsp3) is 0.273. The van der Waals surface area contributed by atoms with Gasteiger partial charge in [0.15, 0.2) is 0 Å². The lowest BCUT2D eigenvalue weighted by molar-refractivity contribution is 0.803. The molecule has 5 heteroatoms. The van der Waals surface area contributed by atoms with Gasteiger partial charge in [0.05, 0.1) is 5.69 Å². The molecule has 0 unspecified atom stereocenters. The van der Waals surface area contributed by atoms with Gasteiger partial charge in [-0.15, -0.1) is 10.2 Å². The Kier molecular flexibility index (Phi) is 3.61. The maximum atomic E-state index is 6.04. The Balaban J connectivity index is 2.50. The highest BCUT2D eigenvalue weighted by molar-refractivity contribution is 9.10. The number of benzene rings is 1. The van der Waals surface area contributed by atoms with Crippen LogP contribution in [-0.4, -0.2) is 14.8 Å². The second kappa shape index (κ2) is 4.97. The molecule has 84 valence electrons. The van der Waals surface area contributed by atoms with Crippen LogP contribution >= 0.6 is 27.5 Å². The van der Waals surface area contributed by atoms with Crippen molar-refractivity contribution in [1.82, 2.24) is 14.8 Å². The Morgan fingerprint density at radius 3 is 2.88 bits per heavy atom. The van der Waals surface area contributed by atoms with Crippen LogP contribution in [0, 0.1) is 0 Å². The molecule has 0 N–H and O–H groups in total. The highest BCUT2D eigenvalue weighted by Gasteiger charge is 2.11. The minimum Gasteiger partial charge on any atom is -0.270 e. The van der Waals surface area contributed by atoms with Gasteiger partial charge in [0.25, 0.3) is 0 Å². The number of aryl methyl sites for hydroxylation is 1. The van der Waals surface area contributed by atoms with E-state index < -0.39 is 0 Å². The third-order valence-corrected chi connectivity index (χ3v) is 2.97. The predicted molar refractivity (Wildman–Crippen MR) is 68.1 cm³/mol. The summed E-state index contributed by atoms with van der Waals surface area (Å²) in [6.45, 7) is 2.10. The van der Waals surface area contributed by atoms with Crippen molar-refractivity contribution in [2.75, 3.05) is 0 Å². The van der Waals surface area contributed by atoms with Gasteiger partial charge in [-0.25, -0.2) is 0 Å². The summed E-state index contributed by atoms with van der Waals surface area (Å²) in [5.41, 5.74) is 0.979. The van der Waals surface area contributed by atoms with Gasteiger partial charge in [-0.2, -0.15) is 0 Å². The molecule has 1 aromatic carbocycles. The number of hydrogen-bond donors (Lipinski definition) is 0. The Morgan fingerprint density at radius 1 is 1.38 bits per heavy atom. The maximum Gasteiger partial charge on any atom is 0.229 e. The van der Waals surface area contributed by atoms with Gasteiger partial charge in [-0.1, -0.05) is 28.9 Å². The van der Waals surface area contributed by atoms with E-state index in [1.807, 2.05) is 28.8 Å². The van der Waals surface area contributed by atoms with E-state index in [1.165, 1.54) is 0 Å². The fourth-order valence-corrected chi connectivity index (χ4v) is 2.17. The van der Waals surface area contributed by atoms with Crippen LogP contribution in [0.5, 0.6) is 0 Å². The van der Waals surface area contributed by atoms with Crippen LogP contribution in [0.25, 0.3) is 5.69 Å². The average molecular weight is 301 g/mol. The summed E-state index contributed by atoms with van der Waals surface area (Å²) in [6, 6.07) is 7.92. The van der Waals surface area contributed by atoms with Crippen LogP contribution in [0.1, 0.15) is 19.2 Å². The molecule has 0 fully saturated rings. The summed E-state index contributed by atoms with van der Waals surface area (Å²) in [7, 11) is 0. The molecule has 1 aromatic heterocycles. The number of halogens is 2. The fourth-order valence-electron chi connectivity index (χ4n) is 1.55. The van der Waals surface area contributed by atoms with Gasteiger partial charge in [-0.05, 0) is 36.2 Å². The molecular weight excluding hydrogens is 289 g/mol. The van der Waals surface area contributed by atoms with E-state index in [2.05, 4.69) is 33.1 Å². The molecule has 16 heavy (non-hydrogen) atoms. The Bertz CT molecular complexity index is 496. The van der Waals surface area contributed by atoms with Crippen molar-refractivity contribution < 1.29 is 0 Å². The van der Waals surface area contributed by atoms with E-state index in [4.69, 9.17) is 11.6 Å². The van der Waals surface area contributed by atoms with Gasteiger partial charge >= 0.3 is 0 Å². The van der Waals surface area contributed by atoms with Gasteiger partial charge in [0.1, 0.15) is 5.82 Å². The van der Waals surface area contributed by atoms with Crippen LogP contribution in [0.3, 0.4) is 0 Å². The molecule has 1 heterocycles. The molecule has 0 atom stereocenters. The van der Waals surface area contributed by atoms with Gasteiger partial charge in [-0.3, -0.25) is 4.57 Å². The Morgan fingerprint density at radius 2 is 2.19 bits per heavy atom. The SMILES string of the molecule is CCCc1nnc(Cl)n1-c1cccc(Br)c1. The third kappa shape index (κ3) is 2.28. The molecular formula is C11H11BrClN3. The molecule has 0 saturated heterocycles. The summed E-state index contributed by atoms with van der Waals surface area (Å²) in [6.07, 6.45) is 1.88. The molecule has 0 aliphatic rings. The largest absolute Gasteiger partial charge is 0.270 e. The molecule has 3 nitrogen and oxygen atoms in total. The zero-order valence-electron chi connectivity index (χ0n) is 8.82. The van der Waals surface area contributed by atoms with Gasteiger partial charge in [0, 0.05) is 10.9 Å². The van der Waals surface area contributed by atoms with Crippen LogP contribution in [0.15, 0.2) is 28.7 Å². The number of aromatic nitrogens is 3. The van der Waals surface area contributed by atoms with Crippen LogP contribution in [-0.2, 0) is 6.42 Å². The second-order valence-electron chi connectivity index (χ2n) is 3.45. The third-order valence-electron chi connectivity index (χ3n) is 2.23. The molecule has 0 amide bonds. The van der Waals surface area contributed by atoms with Gasteiger partial charge < -0.3 is 0 Å². The minimum absolute atomic E-state index is 0.404. The molecule has 0 aliphatic carbocycles. The number of rotatable bonds is 3. The van der Waals surface area contributed by atoms with Crippen LogP contribution in [0.4, 0.5) is 0 Å². The minimum atomic E-state index is 0.404. The first-order valence-electron chi connectivity index (χ1n) is 5.08. The van der Waals surface area contributed by atoms with Gasteiger partial charge in [0.2, 0.25) is 5.28 Å². The molecule has 2 rings (SSSR count). The molecule has 0 bridgehead atoms. The van der Waals surface area contributed by atoms with Crippen molar-refractivity contribution in [3.05, 3.63) is 39.8 Å². The highest BCUT2D eigenvalue weighted by atomic mass is 79.9. The van der Waals surface area contributed by atoms with E-state index in [-0.39, 0.29) is 0 Å². The standard InChI is InChI=1S/C11H11BrClN3/c1-2-4-10-14-15-11(13)16(10)9-6-3-5-8(12)7-9/h3,5-7H,2,4H2,1H3. The summed E-state index contributed by atoms with van der Waals surface area (Å²) < 4.78 is 2.88. The molecule has 2 aromatic rings. The van der Waals surface area contributed by atoms with Crippen molar-refractivity contribution >= 4 is 27.5 Å². The first-order valence-corrected chi connectivity index (χ1v) is 6.25. The summed E-state index contributed by atoms with van der Waals surface area (Å²) >= 11 is 9.48. The van der Waals surface area contributed by atoms with Crippen molar-refractivity contribution in [1.29, 1.82) is 0 Å². The highest BCUT2D eigenvalue weighted by Crippen LogP contribution is 2.21. The van der Waals surface area contributed by atoms with E-state index >= 15 is 0 Å². The zero-order chi connectivity index (χ0) is 11.5. The van der Waals surface area contributed by atoms with Crippen molar-refractivity contribution in [2.45, 2.75) is 19.8 Å². The summed E-state index contributed by atoms with van der Waals surface area (Å²) in [5.74, 6) is 0.894. The average Bonchev–Trinajstić information content (AvgIpc) is 2.60. The van der Waals surface area contributed by atoms with Crippen molar-refractivity contribution in [3.63, 3.8) is 0 Å². The molecule has 0 saturated carbocycles. The van der Waals surface area contributed by atoms with Crippen LogP contribution in [0.2, 0.25) is 5.28 Å².